The van der Waals surface area contributed by atoms with E-state index < -0.39 is 0 Å². The lowest BCUT2D eigenvalue weighted by atomic mass is 10.1. The summed E-state index contributed by atoms with van der Waals surface area (Å²) < 4.78 is 5.71. The Bertz CT molecular complexity index is 403. The van der Waals surface area contributed by atoms with Gasteiger partial charge in [-0.05, 0) is 40.9 Å². The smallest absolute Gasteiger partial charge is 0.243 e. The average Bonchev–Trinajstić information content (AvgIpc) is 2.79. The highest BCUT2D eigenvalue weighted by Crippen LogP contribution is 2.16. The molecule has 6 heteroatoms. The van der Waals surface area contributed by atoms with Crippen molar-refractivity contribution >= 4 is 27.6 Å². The highest BCUT2D eigenvalue weighted by molar-refractivity contribution is 9.10. The molecule has 5 nitrogen and oxygen atoms in total. The predicted molar refractivity (Wildman–Crippen MR) is 68.4 cm³/mol. The van der Waals surface area contributed by atoms with E-state index in [2.05, 4.69) is 15.9 Å². The zero-order chi connectivity index (χ0) is 13.4. The van der Waals surface area contributed by atoms with Crippen LogP contribution in [0.25, 0.3) is 0 Å². The van der Waals surface area contributed by atoms with Crippen molar-refractivity contribution in [3.63, 3.8) is 0 Å². The maximum atomic E-state index is 11.6. The number of unbranched alkanes of at least 4 members (excludes halogenated alkanes) is 3. The van der Waals surface area contributed by atoms with Crippen molar-refractivity contribution in [2.45, 2.75) is 38.5 Å². The number of amides is 1. The standard InChI is InChI=1S/C12H16BrNO4/c13-11-8-7-10(18-11)9(15)5-3-1-2-4-6-12(16)14-17/h7-8,17H,1-6H2,(H,14,16). The van der Waals surface area contributed by atoms with E-state index in [1.165, 1.54) is 0 Å². The minimum atomic E-state index is -0.369. The van der Waals surface area contributed by atoms with Gasteiger partial charge in [-0.2, -0.15) is 0 Å². The predicted octanol–water partition coefficient (Wildman–Crippen LogP) is 3.07. The molecule has 0 aliphatic carbocycles. The van der Waals surface area contributed by atoms with E-state index in [1.807, 2.05) is 0 Å². The van der Waals surface area contributed by atoms with Crippen LogP contribution in [0.5, 0.6) is 0 Å². The van der Waals surface area contributed by atoms with Crippen molar-refractivity contribution in [3.8, 4) is 0 Å². The van der Waals surface area contributed by atoms with Crippen LogP contribution in [0.1, 0.15) is 49.1 Å². The maximum absolute atomic E-state index is 11.6. The largest absolute Gasteiger partial charge is 0.446 e. The van der Waals surface area contributed by atoms with Crippen LogP contribution in [0.15, 0.2) is 21.2 Å². The average molecular weight is 318 g/mol. The minimum Gasteiger partial charge on any atom is -0.446 e. The van der Waals surface area contributed by atoms with Crippen LogP contribution in [0, 0.1) is 0 Å². The third-order valence-electron chi connectivity index (χ3n) is 2.53. The zero-order valence-corrected chi connectivity index (χ0v) is 11.5. The van der Waals surface area contributed by atoms with E-state index in [-0.39, 0.29) is 11.7 Å². The van der Waals surface area contributed by atoms with E-state index >= 15 is 0 Å². The number of carbonyl (C=O) groups is 2. The first-order chi connectivity index (χ1) is 8.63. The summed E-state index contributed by atoms with van der Waals surface area (Å²) in [7, 11) is 0. The first-order valence-corrected chi connectivity index (χ1v) is 6.64. The molecule has 0 saturated carbocycles. The maximum Gasteiger partial charge on any atom is 0.243 e. The molecule has 0 atom stereocenters. The minimum absolute atomic E-state index is 0.00574. The van der Waals surface area contributed by atoms with Gasteiger partial charge in [-0.15, -0.1) is 0 Å². The number of rotatable bonds is 8. The van der Waals surface area contributed by atoms with Crippen molar-refractivity contribution < 1.29 is 19.2 Å². The second kappa shape index (κ2) is 8.05. The molecule has 1 amide bonds. The van der Waals surface area contributed by atoms with E-state index in [4.69, 9.17) is 9.62 Å². The number of halogens is 1. The Hall–Kier alpha value is -1.14. The van der Waals surface area contributed by atoms with Gasteiger partial charge in [-0.3, -0.25) is 14.8 Å². The van der Waals surface area contributed by atoms with Crippen LogP contribution >= 0.6 is 15.9 Å². The lowest BCUT2D eigenvalue weighted by Crippen LogP contribution is -2.17. The summed E-state index contributed by atoms with van der Waals surface area (Å²) >= 11 is 3.15. The Labute approximate surface area is 114 Å². The Morgan fingerprint density at radius 2 is 1.83 bits per heavy atom. The van der Waals surface area contributed by atoms with Gasteiger partial charge in [0.25, 0.3) is 0 Å². The van der Waals surface area contributed by atoms with Crippen molar-refractivity contribution in [1.29, 1.82) is 0 Å². The molecular formula is C12H16BrNO4. The normalized spacial score (nSPS) is 10.3. The lowest BCUT2D eigenvalue weighted by molar-refractivity contribution is -0.129. The molecule has 1 aromatic heterocycles. The van der Waals surface area contributed by atoms with Gasteiger partial charge in [0.15, 0.2) is 16.2 Å². The highest BCUT2D eigenvalue weighted by atomic mass is 79.9. The zero-order valence-electron chi connectivity index (χ0n) is 9.95. The quantitative estimate of drug-likeness (QED) is 0.334. The molecule has 1 rings (SSSR count). The number of nitrogens with one attached hydrogen (secondary N) is 1. The van der Waals surface area contributed by atoms with Crippen LogP contribution < -0.4 is 5.48 Å². The fourth-order valence-electron chi connectivity index (χ4n) is 1.57. The van der Waals surface area contributed by atoms with Gasteiger partial charge in [0, 0.05) is 12.8 Å². The van der Waals surface area contributed by atoms with Crippen molar-refractivity contribution in [2.75, 3.05) is 0 Å². The Morgan fingerprint density at radius 1 is 1.17 bits per heavy atom. The summed E-state index contributed by atoms with van der Waals surface area (Å²) in [5, 5.41) is 8.28. The van der Waals surface area contributed by atoms with Gasteiger partial charge in [0.1, 0.15) is 0 Å². The molecule has 0 bridgehead atoms. The van der Waals surface area contributed by atoms with Crippen LogP contribution in [-0.4, -0.2) is 16.9 Å². The van der Waals surface area contributed by atoms with Crippen molar-refractivity contribution in [1.82, 2.24) is 5.48 Å². The van der Waals surface area contributed by atoms with Crippen molar-refractivity contribution in [3.05, 3.63) is 22.6 Å². The monoisotopic (exact) mass is 317 g/mol. The van der Waals surface area contributed by atoms with Crippen molar-refractivity contribution in [2.24, 2.45) is 0 Å². The molecule has 1 aromatic rings. The van der Waals surface area contributed by atoms with Gasteiger partial charge in [-0.25, -0.2) is 5.48 Å². The van der Waals surface area contributed by atoms with E-state index in [1.54, 1.807) is 17.6 Å². The first kappa shape index (κ1) is 14.9. The summed E-state index contributed by atoms with van der Waals surface area (Å²) in [6.45, 7) is 0. The summed E-state index contributed by atoms with van der Waals surface area (Å²) in [4.78, 5) is 22.3. The fraction of sp³-hybridized carbons (Fsp3) is 0.500. The van der Waals surface area contributed by atoms with Gasteiger partial charge in [-0.1, -0.05) is 12.8 Å². The molecule has 0 saturated heterocycles. The van der Waals surface area contributed by atoms with Gasteiger partial charge < -0.3 is 4.42 Å². The second-order valence-corrected chi connectivity index (χ2v) is 4.76. The summed E-state index contributed by atoms with van der Waals surface area (Å²) in [6.07, 6.45) is 4.00. The third-order valence-corrected chi connectivity index (χ3v) is 2.96. The van der Waals surface area contributed by atoms with Gasteiger partial charge in [0.05, 0.1) is 0 Å². The summed E-state index contributed by atoms with van der Waals surface area (Å²) in [5.74, 6) is 0.00171. The van der Waals surface area contributed by atoms with Crippen LogP contribution in [0.2, 0.25) is 0 Å². The third kappa shape index (κ3) is 5.46. The van der Waals surface area contributed by atoms with Crippen LogP contribution in [-0.2, 0) is 4.79 Å². The molecular weight excluding hydrogens is 302 g/mol. The number of Topliss-reactive ketones (excluding diaryl/α,β-unsaturated/α-hetero) is 1. The lowest BCUT2D eigenvalue weighted by Gasteiger charge is -2.00. The van der Waals surface area contributed by atoms with E-state index in [9.17, 15) is 9.59 Å². The van der Waals surface area contributed by atoms with Crippen LogP contribution in [0.3, 0.4) is 0 Å². The molecule has 0 unspecified atom stereocenters. The molecule has 1 heterocycles. The summed E-state index contributed by atoms with van der Waals surface area (Å²) in [5.41, 5.74) is 1.59. The number of ketones is 1. The number of hydrogen-bond donors (Lipinski definition) is 2. The van der Waals surface area contributed by atoms with Gasteiger partial charge in [0.2, 0.25) is 5.91 Å². The molecule has 0 radical (unpaired) electrons. The number of furan rings is 1. The Kier molecular flexibility index (Phi) is 6.67. The van der Waals surface area contributed by atoms with Crippen LogP contribution in [0.4, 0.5) is 0 Å². The van der Waals surface area contributed by atoms with Gasteiger partial charge >= 0.3 is 0 Å². The van der Waals surface area contributed by atoms with E-state index in [0.29, 0.717) is 29.7 Å². The number of carbonyl (C=O) groups excluding carboxylic acids is 2. The summed E-state index contributed by atoms with van der Waals surface area (Å²) in [6, 6.07) is 3.35. The molecule has 0 aliphatic heterocycles. The molecule has 2 N–H and O–H groups in total. The highest BCUT2D eigenvalue weighted by Gasteiger charge is 2.09. The molecule has 0 fully saturated rings. The molecule has 100 valence electrons. The fourth-order valence-corrected chi connectivity index (χ4v) is 1.87. The second-order valence-electron chi connectivity index (χ2n) is 3.98. The molecule has 0 aliphatic rings. The molecule has 0 spiro atoms. The Morgan fingerprint density at radius 3 is 2.39 bits per heavy atom. The molecule has 0 aromatic carbocycles. The topological polar surface area (TPSA) is 79.5 Å². The Balaban J connectivity index is 2.08. The molecule has 18 heavy (non-hydrogen) atoms. The first-order valence-electron chi connectivity index (χ1n) is 5.85. The number of hydroxylamine groups is 1. The number of hydrogen-bond acceptors (Lipinski definition) is 4. The SMILES string of the molecule is O=C(CCCCCCC(=O)c1ccc(Br)o1)NO. The van der Waals surface area contributed by atoms with E-state index in [0.717, 1.165) is 19.3 Å².